The van der Waals surface area contributed by atoms with E-state index in [9.17, 15) is 13.2 Å². The third-order valence-corrected chi connectivity index (χ3v) is 3.72. The third-order valence-electron chi connectivity index (χ3n) is 2.83. The van der Waals surface area contributed by atoms with Gasteiger partial charge in [0, 0.05) is 4.88 Å². The quantitative estimate of drug-likeness (QED) is 0.686. The first kappa shape index (κ1) is 12.9. The molecule has 3 aromatic rings. The van der Waals surface area contributed by atoms with E-state index in [2.05, 4.69) is 5.10 Å². The lowest BCUT2D eigenvalue weighted by molar-refractivity contribution is 0.146. The molecular formula is C14H9F3N2S. The van der Waals surface area contributed by atoms with Gasteiger partial charge in [-0.15, -0.1) is 11.3 Å². The van der Waals surface area contributed by atoms with Crippen LogP contribution in [0.25, 0.3) is 16.1 Å². The van der Waals surface area contributed by atoms with Crippen molar-refractivity contribution in [3.05, 3.63) is 59.5 Å². The van der Waals surface area contributed by atoms with Gasteiger partial charge in [-0.1, -0.05) is 24.3 Å². The summed E-state index contributed by atoms with van der Waals surface area (Å²) in [5, 5.41) is 5.45. The molecule has 1 aromatic carbocycles. The van der Waals surface area contributed by atoms with Gasteiger partial charge >= 0.3 is 0 Å². The molecule has 0 bridgehead atoms. The molecule has 2 heterocycles. The maximum Gasteiger partial charge on any atom is 0.282 e. The molecule has 6 heteroatoms. The molecule has 2 aromatic heterocycles. The van der Waals surface area contributed by atoms with E-state index in [4.69, 9.17) is 0 Å². The van der Waals surface area contributed by atoms with Crippen LogP contribution in [0.4, 0.5) is 13.2 Å². The molecular weight excluding hydrogens is 285 g/mol. The summed E-state index contributed by atoms with van der Waals surface area (Å²) in [4.78, 5) is 0.444. The van der Waals surface area contributed by atoms with Crippen molar-refractivity contribution < 1.29 is 13.2 Å². The Bertz CT molecular complexity index is 706. The topological polar surface area (TPSA) is 17.8 Å². The fourth-order valence-electron chi connectivity index (χ4n) is 1.95. The van der Waals surface area contributed by atoms with E-state index in [0.29, 0.717) is 10.6 Å². The molecule has 0 aliphatic heterocycles. The Morgan fingerprint density at radius 1 is 1.05 bits per heavy atom. The number of alkyl halides is 2. The predicted molar refractivity (Wildman–Crippen MR) is 71.8 cm³/mol. The van der Waals surface area contributed by atoms with E-state index >= 15 is 0 Å². The molecule has 102 valence electrons. The monoisotopic (exact) mass is 294 g/mol. The van der Waals surface area contributed by atoms with Crippen molar-refractivity contribution in [3.8, 4) is 16.1 Å². The summed E-state index contributed by atoms with van der Waals surface area (Å²) in [7, 11) is 0. The highest BCUT2D eigenvalue weighted by Gasteiger charge is 2.26. The van der Waals surface area contributed by atoms with Crippen molar-refractivity contribution in [1.82, 2.24) is 9.78 Å². The van der Waals surface area contributed by atoms with Crippen LogP contribution in [0.5, 0.6) is 0 Å². The highest BCUT2D eigenvalue weighted by atomic mass is 32.1. The zero-order valence-electron chi connectivity index (χ0n) is 10.1. The van der Waals surface area contributed by atoms with Crippen molar-refractivity contribution in [2.45, 2.75) is 6.43 Å². The summed E-state index contributed by atoms with van der Waals surface area (Å²) in [5.74, 6) is -0.769. The van der Waals surface area contributed by atoms with Gasteiger partial charge in [-0.2, -0.15) is 9.49 Å². The third kappa shape index (κ3) is 2.12. The largest absolute Gasteiger partial charge is 0.282 e. The minimum absolute atomic E-state index is 0.126. The number of hydrogen-bond donors (Lipinski definition) is 0. The molecule has 0 fully saturated rings. The molecule has 0 aliphatic carbocycles. The van der Waals surface area contributed by atoms with Crippen molar-refractivity contribution in [2.75, 3.05) is 0 Å². The molecule has 20 heavy (non-hydrogen) atoms. The maximum absolute atomic E-state index is 14.5. The normalized spacial score (nSPS) is 11.2. The SMILES string of the molecule is Fc1c(-c2cccs2)c(C(F)F)nn1-c1ccccc1. The second kappa shape index (κ2) is 5.13. The van der Waals surface area contributed by atoms with Crippen LogP contribution >= 0.6 is 11.3 Å². The summed E-state index contributed by atoms with van der Waals surface area (Å²) >= 11 is 1.20. The minimum Gasteiger partial charge on any atom is -0.206 e. The first-order valence-electron chi connectivity index (χ1n) is 5.84. The Hall–Kier alpha value is -2.08. The summed E-state index contributed by atoms with van der Waals surface area (Å²) in [6, 6.07) is 11.7. The Labute approximate surface area is 117 Å². The average Bonchev–Trinajstić information content (AvgIpc) is 3.06. The molecule has 0 spiro atoms. The summed E-state index contributed by atoms with van der Waals surface area (Å²) in [5.41, 5.74) is -0.248. The van der Waals surface area contributed by atoms with Crippen molar-refractivity contribution in [1.29, 1.82) is 0 Å². The number of halogens is 3. The average molecular weight is 294 g/mol. The molecule has 0 unspecified atom stereocenters. The summed E-state index contributed by atoms with van der Waals surface area (Å²) in [6.07, 6.45) is -2.83. The minimum atomic E-state index is -2.83. The molecule has 0 atom stereocenters. The van der Waals surface area contributed by atoms with E-state index in [1.54, 1.807) is 47.8 Å². The van der Waals surface area contributed by atoms with E-state index < -0.39 is 18.1 Å². The summed E-state index contributed by atoms with van der Waals surface area (Å²) < 4.78 is 41.6. The first-order chi connectivity index (χ1) is 9.68. The zero-order valence-corrected chi connectivity index (χ0v) is 10.9. The van der Waals surface area contributed by atoms with Gasteiger partial charge in [0.25, 0.3) is 6.43 Å². The first-order valence-corrected chi connectivity index (χ1v) is 6.72. The van der Waals surface area contributed by atoms with E-state index in [0.717, 1.165) is 4.68 Å². The van der Waals surface area contributed by atoms with E-state index in [1.807, 2.05) is 0 Å². The Kier molecular flexibility index (Phi) is 3.31. The number of hydrogen-bond acceptors (Lipinski definition) is 2. The van der Waals surface area contributed by atoms with Crippen LogP contribution in [0.15, 0.2) is 47.8 Å². The molecule has 0 amide bonds. The van der Waals surface area contributed by atoms with Crippen LogP contribution in [0.3, 0.4) is 0 Å². The van der Waals surface area contributed by atoms with Gasteiger partial charge < -0.3 is 0 Å². The number of benzene rings is 1. The van der Waals surface area contributed by atoms with Crippen LogP contribution < -0.4 is 0 Å². The molecule has 3 rings (SSSR count). The molecule has 2 nitrogen and oxygen atoms in total. The highest BCUT2D eigenvalue weighted by Crippen LogP contribution is 2.36. The zero-order chi connectivity index (χ0) is 14.1. The van der Waals surface area contributed by atoms with Crippen molar-refractivity contribution in [3.63, 3.8) is 0 Å². The van der Waals surface area contributed by atoms with Gasteiger partial charge in [0.05, 0.1) is 11.3 Å². The standard InChI is InChI=1S/C14H9F3N2S/c15-13(16)12-11(10-7-4-8-20-10)14(17)19(18-12)9-5-2-1-3-6-9/h1-8,13H. The van der Waals surface area contributed by atoms with Crippen LogP contribution in [-0.4, -0.2) is 9.78 Å². The van der Waals surface area contributed by atoms with Crippen molar-refractivity contribution in [2.24, 2.45) is 0 Å². The Morgan fingerprint density at radius 2 is 1.80 bits per heavy atom. The second-order valence-electron chi connectivity index (χ2n) is 4.08. The molecule has 0 aliphatic rings. The number of thiophene rings is 1. The molecule has 0 radical (unpaired) electrons. The molecule has 0 N–H and O–H groups in total. The van der Waals surface area contributed by atoms with E-state index in [-0.39, 0.29) is 5.56 Å². The van der Waals surface area contributed by atoms with E-state index in [1.165, 1.54) is 11.3 Å². The maximum atomic E-state index is 14.5. The second-order valence-corrected chi connectivity index (χ2v) is 5.02. The Balaban J connectivity index is 2.22. The lowest BCUT2D eigenvalue weighted by atomic mass is 10.2. The van der Waals surface area contributed by atoms with Crippen LogP contribution in [0.2, 0.25) is 0 Å². The molecule has 0 saturated heterocycles. The van der Waals surface area contributed by atoms with Crippen molar-refractivity contribution >= 4 is 11.3 Å². The Morgan fingerprint density at radius 3 is 2.40 bits per heavy atom. The van der Waals surface area contributed by atoms with Gasteiger partial charge in [-0.05, 0) is 23.6 Å². The van der Waals surface area contributed by atoms with Gasteiger partial charge in [0.2, 0.25) is 5.95 Å². The number of para-hydroxylation sites is 1. The lowest BCUT2D eigenvalue weighted by Crippen LogP contribution is -1.99. The van der Waals surface area contributed by atoms with Gasteiger partial charge in [-0.25, -0.2) is 13.5 Å². The number of rotatable bonds is 3. The predicted octanol–water partition coefficient (Wildman–Crippen LogP) is 4.68. The fraction of sp³-hybridized carbons (Fsp3) is 0.0714. The smallest absolute Gasteiger partial charge is 0.206 e. The van der Waals surface area contributed by atoms with Crippen LogP contribution in [0, 0.1) is 5.95 Å². The van der Waals surface area contributed by atoms with Gasteiger partial charge in [0.1, 0.15) is 5.69 Å². The van der Waals surface area contributed by atoms with Crippen LogP contribution in [-0.2, 0) is 0 Å². The lowest BCUT2D eigenvalue weighted by Gasteiger charge is -2.01. The van der Waals surface area contributed by atoms with Gasteiger partial charge in [0.15, 0.2) is 0 Å². The number of aromatic nitrogens is 2. The number of nitrogens with zero attached hydrogens (tertiary/aromatic N) is 2. The van der Waals surface area contributed by atoms with Gasteiger partial charge in [-0.3, -0.25) is 0 Å². The summed E-state index contributed by atoms with van der Waals surface area (Å²) in [6.45, 7) is 0. The fourth-order valence-corrected chi connectivity index (χ4v) is 2.72. The molecule has 0 saturated carbocycles. The highest BCUT2D eigenvalue weighted by molar-refractivity contribution is 7.13. The van der Waals surface area contributed by atoms with Crippen LogP contribution in [0.1, 0.15) is 12.1 Å².